The first kappa shape index (κ1) is 17.8. The molecule has 7 nitrogen and oxygen atoms in total. The zero-order valence-electron chi connectivity index (χ0n) is 13.5. The topological polar surface area (TPSA) is 86.2 Å². The molecule has 1 aromatic rings. The Bertz CT molecular complexity index is 441. The minimum Gasteiger partial charge on any atom is -0.387 e. The highest BCUT2D eigenvalue weighted by Crippen LogP contribution is 2.14. The van der Waals surface area contributed by atoms with Crippen molar-refractivity contribution in [2.24, 2.45) is 0 Å². The van der Waals surface area contributed by atoms with E-state index in [0.29, 0.717) is 30.1 Å². The average molecular weight is 314 g/mol. The zero-order chi connectivity index (χ0) is 15.9. The molecule has 0 saturated carbocycles. The monoisotopic (exact) mass is 314 g/mol. The molecular weight excluding hydrogens is 288 g/mol. The van der Waals surface area contributed by atoms with Gasteiger partial charge in [0.2, 0.25) is 17.8 Å². The number of aromatic nitrogens is 3. The van der Waals surface area contributed by atoms with E-state index in [1.807, 2.05) is 25.3 Å². The van der Waals surface area contributed by atoms with Crippen LogP contribution in [0.4, 0.5) is 17.8 Å². The van der Waals surface area contributed by atoms with Gasteiger partial charge in [-0.1, -0.05) is 6.92 Å². The van der Waals surface area contributed by atoms with Crippen molar-refractivity contribution in [1.82, 2.24) is 15.0 Å². The molecule has 0 radical (unpaired) electrons. The second-order valence-electron chi connectivity index (χ2n) is 5.39. The van der Waals surface area contributed by atoms with Gasteiger partial charge in [0.1, 0.15) is 0 Å². The van der Waals surface area contributed by atoms with Crippen LogP contribution in [0.2, 0.25) is 0 Å². The lowest BCUT2D eigenvalue weighted by Crippen LogP contribution is -2.36. The molecule has 120 valence electrons. The van der Waals surface area contributed by atoms with E-state index in [9.17, 15) is 5.11 Å². The lowest BCUT2D eigenvalue weighted by molar-refractivity contribution is 0.0995. The second-order valence-corrected chi connectivity index (χ2v) is 6.25. The molecule has 0 spiro atoms. The number of nitrogens with one attached hydrogen (secondary N) is 2. The van der Waals surface area contributed by atoms with Gasteiger partial charge in [-0.3, -0.25) is 0 Å². The maximum atomic E-state index is 10.2. The molecule has 0 aliphatic carbocycles. The van der Waals surface area contributed by atoms with E-state index in [2.05, 4.69) is 32.5 Å². The molecule has 0 aromatic carbocycles. The van der Waals surface area contributed by atoms with Crippen LogP contribution in [0.5, 0.6) is 0 Å². The minimum atomic E-state index is -0.804. The van der Waals surface area contributed by atoms with Gasteiger partial charge in [-0.25, -0.2) is 0 Å². The predicted molar refractivity (Wildman–Crippen MR) is 90.4 cm³/mol. The summed E-state index contributed by atoms with van der Waals surface area (Å²) in [6.45, 7) is 5.07. The van der Waals surface area contributed by atoms with Crippen LogP contribution in [0, 0.1) is 0 Å². The molecule has 8 heteroatoms. The van der Waals surface area contributed by atoms with Crippen molar-refractivity contribution >= 4 is 29.6 Å². The van der Waals surface area contributed by atoms with E-state index < -0.39 is 5.60 Å². The summed E-state index contributed by atoms with van der Waals surface area (Å²) in [6, 6.07) is 0. The molecule has 0 aliphatic rings. The Morgan fingerprint density at radius 3 is 2.33 bits per heavy atom. The second kappa shape index (κ2) is 8.23. The molecule has 0 saturated heterocycles. The molecule has 3 N–H and O–H groups in total. The smallest absolute Gasteiger partial charge is 0.231 e. The summed E-state index contributed by atoms with van der Waals surface area (Å²) in [5, 5.41) is 16.4. The Hall–Kier alpha value is -1.28. The van der Waals surface area contributed by atoms with Crippen molar-refractivity contribution in [3.63, 3.8) is 0 Å². The fourth-order valence-electron chi connectivity index (χ4n) is 1.59. The van der Waals surface area contributed by atoms with Gasteiger partial charge < -0.3 is 20.6 Å². The van der Waals surface area contributed by atoms with Gasteiger partial charge in [0.25, 0.3) is 0 Å². The Labute approximate surface area is 131 Å². The molecule has 1 atom stereocenters. The van der Waals surface area contributed by atoms with Crippen molar-refractivity contribution in [2.45, 2.75) is 25.9 Å². The van der Waals surface area contributed by atoms with Crippen molar-refractivity contribution in [1.29, 1.82) is 0 Å². The first-order valence-electron chi connectivity index (χ1n) is 7.00. The van der Waals surface area contributed by atoms with Gasteiger partial charge in [0.05, 0.1) is 5.60 Å². The van der Waals surface area contributed by atoms with E-state index in [4.69, 9.17) is 0 Å². The molecule has 1 unspecified atom stereocenters. The average Bonchev–Trinajstić information content (AvgIpc) is 2.43. The van der Waals surface area contributed by atoms with Gasteiger partial charge in [-0.15, -0.1) is 0 Å². The number of thioether (sulfide) groups is 1. The van der Waals surface area contributed by atoms with Crippen molar-refractivity contribution < 1.29 is 5.11 Å². The van der Waals surface area contributed by atoms with Gasteiger partial charge in [-0.2, -0.15) is 26.7 Å². The predicted octanol–water partition coefficient (Wildman–Crippen LogP) is 1.29. The summed E-state index contributed by atoms with van der Waals surface area (Å²) >= 11 is 1.60. The third-order valence-electron chi connectivity index (χ3n) is 2.64. The van der Waals surface area contributed by atoms with E-state index in [1.165, 1.54) is 0 Å². The number of hydrogen-bond donors (Lipinski definition) is 3. The van der Waals surface area contributed by atoms with Crippen LogP contribution in [-0.4, -0.2) is 64.9 Å². The standard InChI is InChI=1S/C13H26N6OS/c1-6-7-14-10-16-11(18-12(17-10)19(3)4)15-8-13(2,20)9-21-5/h20H,6-9H2,1-5H3,(H2,14,15,16,17,18). The number of rotatable bonds is 9. The molecule has 0 amide bonds. The molecule has 0 aliphatic heterocycles. The molecule has 21 heavy (non-hydrogen) atoms. The molecular formula is C13H26N6OS. The molecule has 0 fully saturated rings. The van der Waals surface area contributed by atoms with Crippen LogP contribution >= 0.6 is 11.8 Å². The van der Waals surface area contributed by atoms with E-state index in [0.717, 1.165) is 13.0 Å². The van der Waals surface area contributed by atoms with Crippen LogP contribution < -0.4 is 15.5 Å². The summed E-state index contributed by atoms with van der Waals surface area (Å²) in [7, 11) is 3.76. The molecule has 0 bridgehead atoms. The Morgan fingerprint density at radius 2 is 1.81 bits per heavy atom. The highest BCUT2D eigenvalue weighted by Gasteiger charge is 2.20. The molecule has 1 rings (SSSR count). The SMILES string of the molecule is CCCNc1nc(NCC(C)(O)CSC)nc(N(C)C)n1. The van der Waals surface area contributed by atoms with Crippen LogP contribution in [0.3, 0.4) is 0 Å². The third kappa shape index (κ3) is 6.34. The Morgan fingerprint density at radius 1 is 1.19 bits per heavy atom. The van der Waals surface area contributed by atoms with Crippen molar-refractivity contribution in [3.05, 3.63) is 0 Å². The van der Waals surface area contributed by atoms with Crippen LogP contribution in [0.1, 0.15) is 20.3 Å². The summed E-state index contributed by atoms with van der Waals surface area (Å²) in [6.07, 6.45) is 2.96. The number of nitrogens with zero attached hydrogens (tertiary/aromatic N) is 4. The van der Waals surface area contributed by atoms with Gasteiger partial charge >= 0.3 is 0 Å². The maximum absolute atomic E-state index is 10.2. The highest BCUT2D eigenvalue weighted by atomic mass is 32.2. The Balaban J connectivity index is 2.82. The van der Waals surface area contributed by atoms with E-state index in [1.54, 1.807) is 18.7 Å². The third-order valence-corrected chi connectivity index (χ3v) is 3.55. The normalized spacial score (nSPS) is 13.6. The van der Waals surface area contributed by atoms with Crippen LogP contribution in [0.15, 0.2) is 0 Å². The number of aliphatic hydroxyl groups is 1. The maximum Gasteiger partial charge on any atom is 0.231 e. The lowest BCUT2D eigenvalue weighted by atomic mass is 10.1. The number of anilines is 3. The van der Waals surface area contributed by atoms with Crippen LogP contribution in [-0.2, 0) is 0 Å². The number of hydrogen-bond acceptors (Lipinski definition) is 8. The lowest BCUT2D eigenvalue weighted by Gasteiger charge is -2.23. The summed E-state index contributed by atoms with van der Waals surface area (Å²) in [5.74, 6) is 2.24. The quantitative estimate of drug-likeness (QED) is 0.628. The minimum absolute atomic E-state index is 0.387. The molecule has 1 aromatic heterocycles. The fraction of sp³-hybridized carbons (Fsp3) is 0.769. The fourth-order valence-corrected chi connectivity index (χ4v) is 2.32. The van der Waals surface area contributed by atoms with Crippen molar-refractivity contribution in [3.8, 4) is 0 Å². The highest BCUT2D eigenvalue weighted by molar-refractivity contribution is 7.98. The summed E-state index contributed by atoms with van der Waals surface area (Å²) < 4.78 is 0. The summed E-state index contributed by atoms with van der Waals surface area (Å²) in [5.41, 5.74) is -0.804. The van der Waals surface area contributed by atoms with E-state index in [-0.39, 0.29) is 0 Å². The van der Waals surface area contributed by atoms with E-state index >= 15 is 0 Å². The van der Waals surface area contributed by atoms with Crippen molar-refractivity contribution in [2.75, 3.05) is 54.7 Å². The van der Waals surface area contributed by atoms with Gasteiger partial charge in [0, 0.05) is 32.9 Å². The zero-order valence-corrected chi connectivity index (χ0v) is 14.3. The van der Waals surface area contributed by atoms with Gasteiger partial charge in [0.15, 0.2) is 0 Å². The molecule has 1 heterocycles. The Kier molecular flexibility index (Phi) is 6.97. The largest absolute Gasteiger partial charge is 0.387 e. The summed E-state index contributed by atoms with van der Waals surface area (Å²) in [4.78, 5) is 14.8. The first-order valence-corrected chi connectivity index (χ1v) is 8.40. The van der Waals surface area contributed by atoms with Crippen LogP contribution in [0.25, 0.3) is 0 Å². The first-order chi connectivity index (χ1) is 9.88. The van der Waals surface area contributed by atoms with Gasteiger partial charge in [-0.05, 0) is 19.6 Å².